The molecule has 162 valence electrons. The number of guanidine groups is 1. The molecule has 0 aromatic heterocycles. The van der Waals surface area contributed by atoms with E-state index in [1.54, 1.807) is 21.3 Å². The largest absolute Gasteiger partial charge is 0.493 e. The van der Waals surface area contributed by atoms with Gasteiger partial charge in [0.15, 0.2) is 17.5 Å². The molecule has 1 aliphatic rings. The van der Waals surface area contributed by atoms with Gasteiger partial charge in [0.25, 0.3) is 0 Å². The van der Waals surface area contributed by atoms with E-state index in [2.05, 4.69) is 51.7 Å². The molecule has 6 heteroatoms. The van der Waals surface area contributed by atoms with Crippen molar-refractivity contribution in [1.29, 1.82) is 0 Å². The summed E-state index contributed by atoms with van der Waals surface area (Å²) in [4.78, 5) is 6.96. The minimum absolute atomic E-state index is 0.652. The van der Waals surface area contributed by atoms with Gasteiger partial charge in [-0.15, -0.1) is 0 Å². The zero-order valence-electron chi connectivity index (χ0n) is 18.6. The van der Waals surface area contributed by atoms with Crippen molar-refractivity contribution in [3.05, 3.63) is 53.6 Å². The molecule has 0 radical (unpaired) electrons. The number of aliphatic imine (C=N–C) groups is 1. The van der Waals surface area contributed by atoms with Crippen LogP contribution in [0, 0.1) is 0 Å². The third-order valence-corrected chi connectivity index (χ3v) is 5.75. The summed E-state index contributed by atoms with van der Waals surface area (Å²) in [5.74, 6) is 2.09. The number of ether oxygens (including phenoxy) is 2. The van der Waals surface area contributed by atoms with E-state index < -0.39 is 0 Å². The van der Waals surface area contributed by atoms with Gasteiger partial charge in [-0.3, -0.25) is 9.89 Å². The second-order valence-electron chi connectivity index (χ2n) is 7.70. The van der Waals surface area contributed by atoms with Crippen molar-refractivity contribution in [2.45, 2.75) is 45.3 Å². The summed E-state index contributed by atoms with van der Waals surface area (Å²) in [5.41, 5.74) is 3.56. The van der Waals surface area contributed by atoms with Crippen LogP contribution in [0.2, 0.25) is 0 Å². The Labute approximate surface area is 180 Å². The monoisotopic (exact) mass is 410 g/mol. The van der Waals surface area contributed by atoms with E-state index in [1.165, 1.54) is 36.9 Å². The van der Waals surface area contributed by atoms with Crippen molar-refractivity contribution in [1.82, 2.24) is 10.2 Å². The fraction of sp³-hybridized carbons (Fsp3) is 0.458. The summed E-state index contributed by atoms with van der Waals surface area (Å²) < 4.78 is 10.7. The van der Waals surface area contributed by atoms with Crippen LogP contribution < -0.4 is 20.1 Å². The Morgan fingerprint density at radius 2 is 1.83 bits per heavy atom. The Hall–Kier alpha value is -2.73. The highest BCUT2D eigenvalue weighted by molar-refractivity contribution is 5.93. The maximum Gasteiger partial charge on any atom is 0.195 e. The molecule has 2 aromatic carbocycles. The SMILES string of the molecule is CN=C(NCc1ccccc1CN1CCCCC1C)Nc1ccc(OC)c(OC)c1. The first-order valence-corrected chi connectivity index (χ1v) is 10.6. The minimum Gasteiger partial charge on any atom is -0.493 e. The number of anilines is 1. The number of rotatable bonds is 7. The summed E-state index contributed by atoms with van der Waals surface area (Å²) in [7, 11) is 5.04. The maximum atomic E-state index is 5.39. The van der Waals surface area contributed by atoms with Crippen LogP contribution in [0.15, 0.2) is 47.5 Å². The highest BCUT2D eigenvalue weighted by Gasteiger charge is 2.19. The maximum absolute atomic E-state index is 5.39. The third kappa shape index (κ3) is 5.66. The van der Waals surface area contributed by atoms with Gasteiger partial charge in [-0.1, -0.05) is 30.7 Å². The first-order valence-electron chi connectivity index (χ1n) is 10.6. The number of nitrogens with zero attached hydrogens (tertiary/aromatic N) is 2. The Balaban J connectivity index is 1.64. The number of benzene rings is 2. The number of hydrogen-bond donors (Lipinski definition) is 2. The summed E-state index contributed by atoms with van der Waals surface area (Å²) in [6.45, 7) is 5.24. The van der Waals surface area contributed by atoms with Crippen molar-refractivity contribution in [2.75, 3.05) is 33.1 Å². The van der Waals surface area contributed by atoms with Crippen molar-refractivity contribution in [3.8, 4) is 11.5 Å². The molecule has 1 unspecified atom stereocenters. The van der Waals surface area contributed by atoms with E-state index in [9.17, 15) is 0 Å². The molecule has 1 saturated heterocycles. The van der Waals surface area contributed by atoms with Gasteiger partial charge in [0.1, 0.15) is 0 Å². The van der Waals surface area contributed by atoms with E-state index in [0.717, 1.165) is 12.2 Å². The van der Waals surface area contributed by atoms with Crippen LogP contribution in [-0.2, 0) is 13.1 Å². The first-order chi connectivity index (χ1) is 14.6. The molecule has 3 rings (SSSR count). The fourth-order valence-electron chi connectivity index (χ4n) is 3.90. The topological polar surface area (TPSA) is 58.1 Å². The second kappa shape index (κ2) is 10.9. The van der Waals surface area contributed by atoms with Crippen LogP contribution in [0.25, 0.3) is 0 Å². The molecule has 1 heterocycles. The molecule has 6 nitrogen and oxygen atoms in total. The lowest BCUT2D eigenvalue weighted by Gasteiger charge is -2.33. The summed E-state index contributed by atoms with van der Waals surface area (Å²) in [5, 5.41) is 6.76. The molecule has 0 aliphatic carbocycles. The molecule has 1 atom stereocenters. The van der Waals surface area contributed by atoms with Crippen molar-refractivity contribution < 1.29 is 9.47 Å². The fourth-order valence-corrected chi connectivity index (χ4v) is 3.90. The Bertz CT molecular complexity index is 853. The molecule has 0 saturated carbocycles. The van der Waals surface area contributed by atoms with Crippen LogP contribution in [-0.4, -0.2) is 44.7 Å². The van der Waals surface area contributed by atoms with Gasteiger partial charge in [0, 0.05) is 37.9 Å². The van der Waals surface area contributed by atoms with E-state index in [4.69, 9.17) is 9.47 Å². The van der Waals surface area contributed by atoms with Gasteiger partial charge >= 0.3 is 0 Å². The van der Waals surface area contributed by atoms with E-state index in [1.807, 2.05) is 18.2 Å². The Morgan fingerprint density at radius 3 is 2.53 bits per heavy atom. The van der Waals surface area contributed by atoms with Crippen LogP contribution in [0.5, 0.6) is 11.5 Å². The van der Waals surface area contributed by atoms with Crippen LogP contribution in [0.1, 0.15) is 37.3 Å². The summed E-state index contributed by atoms with van der Waals surface area (Å²) in [6.07, 6.45) is 3.94. The Morgan fingerprint density at radius 1 is 1.07 bits per heavy atom. The highest BCUT2D eigenvalue weighted by atomic mass is 16.5. The smallest absolute Gasteiger partial charge is 0.195 e. The van der Waals surface area contributed by atoms with E-state index >= 15 is 0 Å². The van der Waals surface area contributed by atoms with Gasteiger partial charge in [-0.25, -0.2) is 0 Å². The standard InChI is InChI=1S/C24H34N4O2/c1-18-9-7-8-14-28(18)17-20-11-6-5-10-19(20)16-26-24(25-2)27-21-12-13-22(29-3)23(15-21)30-4/h5-6,10-13,15,18H,7-9,14,16-17H2,1-4H3,(H2,25,26,27). The molecule has 0 amide bonds. The highest BCUT2D eigenvalue weighted by Crippen LogP contribution is 2.29. The lowest BCUT2D eigenvalue weighted by Crippen LogP contribution is -2.37. The summed E-state index contributed by atoms with van der Waals surface area (Å²) >= 11 is 0. The molecule has 1 aliphatic heterocycles. The lowest BCUT2D eigenvalue weighted by molar-refractivity contribution is 0.152. The zero-order chi connectivity index (χ0) is 21.3. The van der Waals surface area contributed by atoms with E-state index in [0.29, 0.717) is 30.0 Å². The van der Waals surface area contributed by atoms with Gasteiger partial charge < -0.3 is 20.1 Å². The van der Waals surface area contributed by atoms with E-state index in [-0.39, 0.29) is 0 Å². The van der Waals surface area contributed by atoms with Crippen molar-refractivity contribution in [3.63, 3.8) is 0 Å². The summed E-state index contributed by atoms with van der Waals surface area (Å²) in [6, 6.07) is 15.0. The number of piperidine rings is 1. The van der Waals surface area contributed by atoms with Gasteiger partial charge in [-0.2, -0.15) is 0 Å². The van der Waals surface area contributed by atoms with Crippen LogP contribution in [0.3, 0.4) is 0 Å². The van der Waals surface area contributed by atoms with Gasteiger partial charge in [0.2, 0.25) is 0 Å². The average molecular weight is 411 g/mol. The number of likely N-dealkylation sites (tertiary alicyclic amines) is 1. The Kier molecular flexibility index (Phi) is 7.97. The molecule has 1 fully saturated rings. The molecule has 30 heavy (non-hydrogen) atoms. The second-order valence-corrected chi connectivity index (χ2v) is 7.70. The molecule has 0 spiro atoms. The first kappa shape index (κ1) is 22.0. The van der Waals surface area contributed by atoms with Gasteiger partial charge in [-0.05, 0) is 49.6 Å². The quantitative estimate of drug-likeness (QED) is 0.527. The molecule has 2 aromatic rings. The number of methoxy groups -OCH3 is 2. The molecule has 0 bridgehead atoms. The predicted molar refractivity (Wildman–Crippen MR) is 124 cm³/mol. The number of nitrogens with one attached hydrogen (secondary N) is 2. The molecular formula is C24H34N4O2. The van der Waals surface area contributed by atoms with Crippen molar-refractivity contribution in [2.24, 2.45) is 4.99 Å². The van der Waals surface area contributed by atoms with Gasteiger partial charge in [0.05, 0.1) is 14.2 Å². The lowest BCUT2D eigenvalue weighted by atomic mass is 10.0. The average Bonchev–Trinajstić information content (AvgIpc) is 2.78. The molecule has 2 N–H and O–H groups in total. The molecular weight excluding hydrogens is 376 g/mol. The zero-order valence-corrected chi connectivity index (χ0v) is 18.6. The van der Waals surface area contributed by atoms with Crippen molar-refractivity contribution >= 4 is 11.6 Å². The normalized spacial score (nSPS) is 17.5. The minimum atomic E-state index is 0.652. The third-order valence-electron chi connectivity index (χ3n) is 5.75. The predicted octanol–water partition coefficient (Wildman–Crippen LogP) is 4.27. The van der Waals surface area contributed by atoms with Crippen LogP contribution in [0.4, 0.5) is 5.69 Å². The van der Waals surface area contributed by atoms with Crippen LogP contribution >= 0.6 is 0 Å². The number of hydrogen-bond acceptors (Lipinski definition) is 4.